The molecular weight excluding hydrogens is 344 g/mol. The fourth-order valence-electron chi connectivity index (χ4n) is 2.21. The number of aromatic nitrogens is 1. The smallest absolute Gasteiger partial charge is 0.266 e. The molecule has 1 heterocycles. The fraction of sp³-hybridized carbons (Fsp3) is 0.0588. The van der Waals surface area contributed by atoms with Crippen molar-refractivity contribution in [2.24, 2.45) is 0 Å². The minimum Gasteiger partial charge on any atom is -0.266 e. The lowest BCUT2D eigenvalue weighted by Gasteiger charge is -2.03. The van der Waals surface area contributed by atoms with Gasteiger partial charge in [-0.25, -0.2) is 0 Å². The second-order valence-corrected chi connectivity index (χ2v) is 8.10. The van der Waals surface area contributed by atoms with Gasteiger partial charge in [-0.2, -0.15) is 13.7 Å². The summed E-state index contributed by atoms with van der Waals surface area (Å²) < 4.78 is 26.2. The molecule has 0 fully saturated rings. The van der Waals surface area contributed by atoms with Crippen molar-refractivity contribution < 1.29 is 8.42 Å². The van der Waals surface area contributed by atoms with E-state index in [0.717, 1.165) is 17.1 Å². The molecule has 5 nitrogen and oxygen atoms in total. The molecular formula is C17H12N2O3S2. The van der Waals surface area contributed by atoms with Crippen LogP contribution in [-0.4, -0.2) is 11.8 Å². The normalized spacial score (nSPS) is 11.2. The van der Waals surface area contributed by atoms with Crippen molar-refractivity contribution in [1.82, 2.24) is 3.36 Å². The highest BCUT2D eigenvalue weighted by molar-refractivity contribution is 7.91. The highest BCUT2D eigenvalue weighted by Crippen LogP contribution is 2.28. The van der Waals surface area contributed by atoms with Crippen molar-refractivity contribution in [3.05, 3.63) is 76.1 Å². The Morgan fingerprint density at radius 3 is 2.25 bits per heavy atom. The first-order chi connectivity index (χ1) is 11.4. The van der Waals surface area contributed by atoms with Gasteiger partial charge < -0.3 is 0 Å². The van der Waals surface area contributed by atoms with Crippen LogP contribution in [-0.2, 0) is 10.0 Å². The lowest BCUT2D eigenvalue weighted by Crippen LogP contribution is -2.23. The summed E-state index contributed by atoms with van der Waals surface area (Å²) >= 11 is 0.763. The molecule has 0 atom stereocenters. The van der Waals surface area contributed by atoms with Crippen LogP contribution in [0.3, 0.4) is 0 Å². The average Bonchev–Trinajstić information content (AvgIpc) is 2.93. The largest absolute Gasteiger partial charge is 0.293 e. The standard InChI is InChI=1S/C17H12N2O3S2/c1-12-7-9-14(10-8-12)24(21,22)19-17(20)15(11-18)16(23-19)13-5-3-2-4-6-13/h2-10H,1H3. The van der Waals surface area contributed by atoms with Crippen LogP contribution < -0.4 is 5.56 Å². The molecule has 0 bridgehead atoms. The van der Waals surface area contributed by atoms with E-state index >= 15 is 0 Å². The zero-order valence-electron chi connectivity index (χ0n) is 12.6. The zero-order valence-corrected chi connectivity index (χ0v) is 14.3. The predicted octanol–water partition coefficient (Wildman–Crippen LogP) is 2.99. The fourth-order valence-corrected chi connectivity index (χ4v) is 4.87. The molecule has 2 aromatic carbocycles. The van der Waals surface area contributed by atoms with Crippen molar-refractivity contribution in [3.8, 4) is 16.5 Å². The topological polar surface area (TPSA) is 79.9 Å². The van der Waals surface area contributed by atoms with Crippen molar-refractivity contribution in [3.63, 3.8) is 0 Å². The summed E-state index contributed by atoms with van der Waals surface area (Å²) in [5.41, 5.74) is 0.563. The van der Waals surface area contributed by atoms with Crippen LogP contribution in [0.15, 0.2) is 64.3 Å². The number of aryl methyl sites for hydroxylation is 1. The van der Waals surface area contributed by atoms with E-state index in [1.54, 1.807) is 42.5 Å². The third-order valence-electron chi connectivity index (χ3n) is 3.47. The third-order valence-corrected chi connectivity index (χ3v) is 6.70. The van der Waals surface area contributed by atoms with Crippen molar-refractivity contribution in [2.75, 3.05) is 0 Å². The quantitative estimate of drug-likeness (QED) is 0.722. The van der Waals surface area contributed by atoms with Gasteiger partial charge in [0.05, 0.1) is 9.77 Å². The van der Waals surface area contributed by atoms with Crippen LogP contribution in [0.1, 0.15) is 11.1 Å². The Balaban J connectivity index is 2.23. The Labute approximate surface area is 143 Å². The maximum Gasteiger partial charge on any atom is 0.293 e. The van der Waals surface area contributed by atoms with Crippen LogP contribution in [0, 0.1) is 18.3 Å². The van der Waals surface area contributed by atoms with Gasteiger partial charge in [0, 0.05) is 0 Å². The molecule has 1 aromatic heterocycles. The molecule has 3 rings (SSSR count). The van der Waals surface area contributed by atoms with E-state index in [0.29, 0.717) is 13.8 Å². The number of nitriles is 1. The Hall–Kier alpha value is -2.69. The summed E-state index contributed by atoms with van der Waals surface area (Å²) in [6, 6.07) is 16.8. The molecule has 7 heteroatoms. The second-order valence-electron chi connectivity index (χ2n) is 5.12. The van der Waals surface area contributed by atoms with Gasteiger partial charge >= 0.3 is 0 Å². The van der Waals surface area contributed by atoms with Crippen LogP contribution in [0.4, 0.5) is 0 Å². The lowest BCUT2D eigenvalue weighted by molar-refractivity contribution is 0.590. The van der Waals surface area contributed by atoms with Gasteiger partial charge in [-0.05, 0) is 36.2 Å². The number of hydrogen-bond acceptors (Lipinski definition) is 5. The Bertz CT molecular complexity index is 1090. The first kappa shape index (κ1) is 16.2. The molecule has 0 N–H and O–H groups in total. The van der Waals surface area contributed by atoms with Gasteiger partial charge in [-0.3, -0.25) is 4.79 Å². The van der Waals surface area contributed by atoms with Gasteiger partial charge in [0.1, 0.15) is 11.6 Å². The highest BCUT2D eigenvalue weighted by Gasteiger charge is 2.25. The van der Waals surface area contributed by atoms with Crippen LogP contribution in [0.2, 0.25) is 0 Å². The maximum atomic E-state index is 12.7. The first-order valence-corrected chi connectivity index (χ1v) is 9.20. The predicted molar refractivity (Wildman–Crippen MR) is 92.5 cm³/mol. The summed E-state index contributed by atoms with van der Waals surface area (Å²) in [7, 11) is -4.03. The minimum absolute atomic E-state index is 0.0144. The average molecular weight is 356 g/mol. The first-order valence-electron chi connectivity index (χ1n) is 6.99. The Morgan fingerprint density at radius 1 is 1.04 bits per heavy atom. The van der Waals surface area contributed by atoms with E-state index in [9.17, 15) is 18.5 Å². The molecule has 3 aromatic rings. The summed E-state index contributed by atoms with van der Waals surface area (Å²) in [5.74, 6) is 0. The molecule has 24 heavy (non-hydrogen) atoms. The van der Waals surface area contributed by atoms with Gasteiger partial charge in [0.15, 0.2) is 0 Å². The van der Waals surface area contributed by atoms with E-state index < -0.39 is 15.6 Å². The highest BCUT2D eigenvalue weighted by atomic mass is 32.3. The van der Waals surface area contributed by atoms with E-state index in [1.165, 1.54) is 12.1 Å². The monoisotopic (exact) mass is 356 g/mol. The summed E-state index contributed by atoms with van der Waals surface area (Å²) in [5, 5.41) is 9.30. The molecule has 0 radical (unpaired) electrons. The number of hydrogen-bond donors (Lipinski definition) is 0. The third kappa shape index (κ3) is 2.66. The van der Waals surface area contributed by atoms with E-state index in [-0.39, 0.29) is 10.5 Å². The lowest BCUT2D eigenvalue weighted by atomic mass is 10.1. The summed E-state index contributed by atoms with van der Waals surface area (Å²) in [6.07, 6.45) is 0. The van der Waals surface area contributed by atoms with Crippen molar-refractivity contribution in [1.29, 1.82) is 5.26 Å². The van der Waals surface area contributed by atoms with Crippen LogP contribution >= 0.6 is 11.5 Å². The number of rotatable bonds is 3. The van der Waals surface area contributed by atoms with Crippen molar-refractivity contribution >= 4 is 21.6 Å². The number of nitrogens with zero attached hydrogens (tertiary/aromatic N) is 2. The van der Waals surface area contributed by atoms with Crippen LogP contribution in [0.25, 0.3) is 10.4 Å². The molecule has 0 aliphatic rings. The number of benzene rings is 2. The van der Waals surface area contributed by atoms with Gasteiger partial charge in [0.2, 0.25) is 0 Å². The molecule has 0 aliphatic heterocycles. The van der Waals surface area contributed by atoms with Gasteiger partial charge in [-0.1, -0.05) is 48.0 Å². The molecule has 0 aliphatic carbocycles. The van der Waals surface area contributed by atoms with Crippen LogP contribution in [0.5, 0.6) is 0 Å². The van der Waals surface area contributed by atoms with E-state index in [4.69, 9.17) is 0 Å². The Morgan fingerprint density at radius 2 is 1.67 bits per heavy atom. The molecule has 0 saturated carbocycles. The molecule has 120 valence electrons. The van der Waals surface area contributed by atoms with E-state index in [2.05, 4.69) is 0 Å². The summed E-state index contributed by atoms with van der Waals surface area (Å²) in [6.45, 7) is 1.84. The molecule has 0 saturated heterocycles. The maximum absolute atomic E-state index is 12.7. The van der Waals surface area contributed by atoms with Gasteiger partial charge in [0.25, 0.3) is 15.6 Å². The van der Waals surface area contributed by atoms with E-state index in [1.807, 2.05) is 13.0 Å². The molecule has 0 unspecified atom stereocenters. The minimum atomic E-state index is -4.03. The summed E-state index contributed by atoms with van der Waals surface area (Å²) in [4.78, 5) is 12.8. The van der Waals surface area contributed by atoms with Gasteiger partial charge in [-0.15, -0.1) is 3.36 Å². The Kier molecular flexibility index (Phi) is 4.09. The SMILES string of the molecule is Cc1ccc(S(=O)(=O)n2sc(-c3ccccc3)c(C#N)c2=O)cc1. The van der Waals surface area contributed by atoms with Crippen molar-refractivity contribution in [2.45, 2.75) is 11.8 Å². The zero-order chi connectivity index (χ0) is 17.3. The molecule has 0 amide bonds. The molecule has 0 spiro atoms. The second kappa shape index (κ2) is 6.07.